The fourth-order valence-corrected chi connectivity index (χ4v) is 3.76. The molecule has 0 radical (unpaired) electrons. The summed E-state index contributed by atoms with van der Waals surface area (Å²) in [5, 5.41) is 4.51. The van der Waals surface area contributed by atoms with Crippen molar-refractivity contribution in [3.05, 3.63) is 23.5 Å². The van der Waals surface area contributed by atoms with Crippen LogP contribution in [-0.4, -0.2) is 69.1 Å². The lowest BCUT2D eigenvalue weighted by molar-refractivity contribution is -0.152. The van der Waals surface area contributed by atoms with Gasteiger partial charge in [-0.05, 0) is 0 Å². The summed E-state index contributed by atoms with van der Waals surface area (Å²) in [6, 6.07) is -0.570. The maximum atomic E-state index is 12.5. The minimum Gasteiger partial charge on any atom is -0.345 e. The van der Waals surface area contributed by atoms with Crippen molar-refractivity contribution in [2.75, 3.05) is 26.2 Å². The molecule has 2 saturated heterocycles. The van der Waals surface area contributed by atoms with Crippen LogP contribution in [0.25, 0.3) is 4.96 Å². The second-order valence-corrected chi connectivity index (χ2v) is 6.54. The summed E-state index contributed by atoms with van der Waals surface area (Å²) in [6.07, 6.45) is 3.95. The minimum absolute atomic E-state index is 0.0503. The average molecular weight is 333 g/mol. The van der Waals surface area contributed by atoms with E-state index in [4.69, 9.17) is 0 Å². The SMILES string of the molecule is O=C1NCC(=O)N2CCN(C(=O)Cc3cn4ccsc4n3)C[C@H]12. The number of carbonyl (C=O) groups is 3. The number of carbonyl (C=O) groups excluding carboxylic acids is 3. The number of nitrogens with one attached hydrogen (secondary N) is 1. The molecule has 2 aliphatic heterocycles. The zero-order valence-electron chi connectivity index (χ0n) is 12.3. The number of hydrogen-bond donors (Lipinski definition) is 1. The molecule has 0 saturated carbocycles. The summed E-state index contributed by atoms with van der Waals surface area (Å²) in [5.74, 6) is -0.345. The predicted molar refractivity (Wildman–Crippen MR) is 81.9 cm³/mol. The van der Waals surface area contributed by atoms with E-state index < -0.39 is 6.04 Å². The van der Waals surface area contributed by atoms with Gasteiger partial charge in [0.05, 0.1) is 25.2 Å². The van der Waals surface area contributed by atoms with Crippen LogP contribution < -0.4 is 5.32 Å². The van der Waals surface area contributed by atoms with Crippen molar-refractivity contribution in [2.45, 2.75) is 12.5 Å². The van der Waals surface area contributed by atoms with Gasteiger partial charge in [-0.3, -0.25) is 18.8 Å². The summed E-state index contributed by atoms with van der Waals surface area (Å²) in [6.45, 7) is 1.16. The van der Waals surface area contributed by atoms with Crippen LogP contribution in [0.2, 0.25) is 0 Å². The molecule has 0 unspecified atom stereocenters. The van der Waals surface area contributed by atoms with E-state index in [2.05, 4.69) is 10.3 Å². The molecule has 0 aromatic carbocycles. The van der Waals surface area contributed by atoms with Gasteiger partial charge in [0.2, 0.25) is 17.7 Å². The molecule has 2 fully saturated rings. The molecule has 4 rings (SSSR count). The van der Waals surface area contributed by atoms with E-state index in [9.17, 15) is 14.4 Å². The van der Waals surface area contributed by atoms with Crippen molar-refractivity contribution in [1.29, 1.82) is 0 Å². The van der Waals surface area contributed by atoms with Crippen LogP contribution in [0, 0.1) is 0 Å². The Bertz CT molecular complexity index is 769. The number of imidazole rings is 1. The molecule has 8 nitrogen and oxygen atoms in total. The van der Waals surface area contributed by atoms with Gasteiger partial charge in [0.25, 0.3) is 0 Å². The second kappa shape index (κ2) is 5.34. The Morgan fingerprint density at radius 2 is 2.26 bits per heavy atom. The Balaban J connectivity index is 1.45. The Hall–Kier alpha value is -2.42. The fraction of sp³-hybridized carbons (Fsp3) is 0.429. The molecule has 0 aliphatic carbocycles. The first-order valence-electron chi connectivity index (χ1n) is 7.38. The molecule has 0 bridgehead atoms. The third-order valence-electron chi connectivity index (χ3n) is 4.25. The van der Waals surface area contributed by atoms with Gasteiger partial charge in [-0.1, -0.05) is 0 Å². The molecule has 0 spiro atoms. The molecular weight excluding hydrogens is 318 g/mol. The van der Waals surface area contributed by atoms with Crippen LogP contribution >= 0.6 is 11.3 Å². The Kier molecular flexibility index (Phi) is 3.29. The second-order valence-electron chi connectivity index (χ2n) is 5.66. The summed E-state index contributed by atoms with van der Waals surface area (Å²) >= 11 is 1.52. The summed E-state index contributed by atoms with van der Waals surface area (Å²) in [4.78, 5) is 44.7. The van der Waals surface area contributed by atoms with Crippen LogP contribution in [0.3, 0.4) is 0 Å². The zero-order valence-corrected chi connectivity index (χ0v) is 13.1. The number of fused-ring (bicyclic) bond motifs is 2. The monoisotopic (exact) mass is 333 g/mol. The topological polar surface area (TPSA) is 87.0 Å². The predicted octanol–water partition coefficient (Wildman–Crippen LogP) is -0.892. The van der Waals surface area contributed by atoms with Gasteiger partial charge in [-0.15, -0.1) is 11.3 Å². The molecule has 4 heterocycles. The van der Waals surface area contributed by atoms with Gasteiger partial charge in [-0.25, -0.2) is 4.98 Å². The molecule has 3 amide bonds. The van der Waals surface area contributed by atoms with Crippen molar-refractivity contribution in [2.24, 2.45) is 0 Å². The lowest BCUT2D eigenvalue weighted by Crippen LogP contribution is -2.66. The number of aromatic nitrogens is 2. The Labute approximate surface area is 135 Å². The first-order valence-corrected chi connectivity index (χ1v) is 8.26. The van der Waals surface area contributed by atoms with Gasteiger partial charge >= 0.3 is 0 Å². The number of hydrogen-bond acceptors (Lipinski definition) is 5. The van der Waals surface area contributed by atoms with Gasteiger partial charge in [0.15, 0.2) is 4.96 Å². The fourth-order valence-electron chi connectivity index (χ4n) is 3.04. The highest BCUT2D eigenvalue weighted by atomic mass is 32.1. The highest BCUT2D eigenvalue weighted by Crippen LogP contribution is 2.16. The standard InChI is InChI=1S/C14H15N5O3S/c20-11(5-9-7-18-3-4-23-14(18)16-9)17-1-2-19-10(8-17)13(22)15-6-12(19)21/h3-4,7,10H,1-2,5-6,8H2,(H,15,22)/t10-/m1/s1. The lowest BCUT2D eigenvalue weighted by atomic mass is 10.1. The zero-order chi connectivity index (χ0) is 16.0. The quantitative estimate of drug-likeness (QED) is 0.772. The van der Waals surface area contributed by atoms with Crippen molar-refractivity contribution < 1.29 is 14.4 Å². The van der Waals surface area contributed by atoms with Crippen LogP contribution in [0.5, 0.6) is 0 Å². The number of nitrogens with zero attached hydrogens (tertiary/aromatic N) is 4. The Morgan fingerprint density at radius 3 is 3.09 bits per heavy atom. The van der Waals surface area contributed by atoms with Crippen molar-refractivity contribution in [3.8, 4) is 0 Å². The molecule has 120 valence electrons. The van der Waals surface area contributed by atoms with Crippen molar-refractivity contribution >= 4 is 34.0 Å². The van der Waals surface area contributed by atoms with Gasteiger partial charge in [-0.2, -0.15) is 0 Å². The lowest BCUT2D eigenvalue weighted by Gasteiger charge is -2.42. The van der Waals surface area contributed by atoms with Crippen LogP contribution in [-0.2, 0) is 20.8 Å². The average Bonchev–Trinajstić information content (AvgIpc) is 3.12. The number of thiazole rings is 1. The highest BCUT2D eigenvalue weighted by Gasteiger charge is 2.39. The minimum atomic E-state index is -0.570. The maximum absolute atomic E-state index is 12.5. The molecular formula is C14H15N5O3S. The van der Waals surface area contributed by atoms with Crippen LogP contribution in [0.4, 0.5) is 0 Å². The molecule has 2 aromatic rings. The van der Waals surface area contributed by atoms with Crippen molar-refractivity contribution in [1.82, 2.24) is 24.5 Å². The summed E-state index contributed by atoms with van der Waals surface area (Å²) in [5.41, 5.74) is 0.716. The molecule has 23 heavy (non-hydrogen) atoms. The molecule has 2 aliphatic rings. The third-order valence-corrected chi connectivity index (χ3v) is 5.02. The van der Waals surface area contributed by atoms with Gasteiger partial charge in [0, 0.05) is 30.9 Å². The summed E-state index contributed by atoms with van der Waals surface area (Å²) in [7, 11) is 0. The van der Waals surface area contributed by atoms with Crippen molar-refractivity contribution in [3.63, 3.8) is 0 Å². The van der Waals surface area contributed by atoms with E-state index in [1.807, 2.05) is 22.2 Å². The smallest absolute Gasteiger partial charge is 0.245 e. The Morgan fingerprint density at radius 1 is 1.39 bits per heavy atom. The van der Waals surface area contributed by atoms with Gasteiger partial charge < -0.3 is 15.1 Å². The van der Waals surface area contributed by atoms with E-state index in [1.165, 1.54) is 11.3 Å². The normalized spacial score (nSPS) is 21.5. The highest BCUT2D eigenvalue weighted by molar-refractivity contribution is 7.15. The van der Waals surface area contributed by atoms with Crippen LogP contribution in [0.15, 0.2) is 17.8 Å². The number of amides is 3. The molecule has 1 N–H and O–H groups in total. The maximum Gasteiger partial charge on any atom is 0.245 e. The van der Waals surface area contributed by atoms with E-state index in [0.29, 0.717) is 18.8 Å². The van der Waals surface area contributed by atoms with E-state index >= 15 is 0 Å². The first-order chi connectivity index (χ1) is 11.1. The third kappa shape index (κ3) is 2.46. The van der Waals surface area contributed by atoms with E-state index in [0.717, 1.165) is 4.96 Å². The largest absolute Gasteiger partial charge is 0.345 e. The molecule has 9 heteroatoms. The van der Waals surface area contributed by atoms with E-state index in [1.54, 1.807) is 9.80 Å². The number of piperazine rings is 2. The number of rotatable bonds is 2. The van der Waals surface area contributed by atoms with Crippen LogP contribution in [0.1, 0.15) is 5.69 Å². The summed E-state index contributed by atoms with van der Waals surface area (Å²) < 4.78 is 1.89. The van der Waals surface area contributed by atoms with E-state index in [-0.39, 0.29) is 37.2 Å². The van der Waals surface area contributed by atoms with Gasteiger partial charge in [0.1, 0.15) is 6.04 Å². The molecule has 1 atom stereocenters. The first kappa shape index (κ1) is 14.2. The molecule has 2 aromatic heterocycles.